The number of ether oxygens (including phenoxy) is 3. The van der Waals surface area contributed by atoms with E-state index in [1.807, 2.05) is 72.8 Å². The molecule has 4 aliphatic rings. The van der Waals surface area contributed by atoms with Gasteiger partial charge in [-0.1, -0.05) is 105 Å². The lowest BCUT2D eigenvalue weighted by Crippen LogP contribution is -2.56. The van der Waals surface area contributed by atoms with Crippen LogP contribution in [0.2, 0.25) is 0 Å². The number of nitrogens with one attached hydrogen (secondary N) is 1. The summed E-state index contributed by atoms with van der Waals surface area (Å²) in [6.45, 7) is 2.43. The normalized spacial score (nSPS) is 31.0. The number of unbranched alkanes of at least 4 members (excludes halogenated alkanes) is 2. The zero-order valence-electron chi connectivity index (χ0n) is 28.7. The minimum atomic E-state index is -1.45. The Balaban J connectivity index is 1.46. The van der Waals surface area contributed by atoms with E-state index in [0.29, 0.717) is 24.1 Å². The second-order valence-corrected chi connectivity index (χ2v) is 13.5. The minimum Gasteiger partial charge on any atom is -0.455 e. The molecular weight excluding hydrogens is 638 g/mol. The number of amides is 3. The van der Waals surface area contributed by atoms with E-state index >= 15 is 0 Å². The van der Waals surface area contributed by atoms with E-state index in [1.165, 1.54) is 12.0 Å². The van der Waals surface area contributed by atoms with Gasteiger partial charge in [0.2, 0.25) is 17.7 Å². The van der Waals surface area contributed by atoms with Gasteiger partial charge in [0.05, 0.1) is 37.3 Å². The molecule has 4 heterocycles. The van der Waals surface area contributed by atoms with Crippen molar-refractivity contribution < 1.29 is 38.5 Å². The second-order valence-electron chi connectivity index (χ2n) is 13.5. The van der Waals surface area contributed by atoms with Gasteiger partial charge in [-0.3, -0.25) is 19.2 Å². The number of nitrogens with zero attached hydrogens (tertiary/aromatic N) is 2. The largest absolute Gasteiger partial charge is 0.455 e. The fourth-order valence-electron chi connectivity index (χ4n) is 7.97. The molecule has 50 heavy (non-hydrogen) atoms. The lowest BCUT2D eigenvalue weighted by molar-refractivity contribution is -0.163. The number of allylic oxidation sites excluding steroid dienone is 1. The van der Waals surface area contributed by atoms with Crippen LogP contribution < -0.4 is 5.32 Å². The third-order valence-corrected chi connectivity index (χ3v) is 10.3. The first-order chi connectivity index (χ1) is 24.3. The van der Waals surface area contributed by atoms with E-state index in [4.69, 9.17) is 14.2 Å². The standard InChI is InChI=1S/C39H47N3O8/c1-3-4-13-22-41-23-14-7-12-19-31(44)40-28(25-48-2)34(27-17-10-6-11-18-27)49-38(47)32-30-20-21-39(50-30)33(32)36(45)42(35(39)37(41)46)29(24-43)26-15-8-5-9-16-26/h5-11,14-18,20-21,28-30,32-35,43H,3-4,12-13,19,22-25H2,1-2H3,(H,40,44)/b14-7-/t28-,29-,30+,32-,33-,34-,35+,39-/m1/s1. The summed E-state index contributed by atoms with van der Waals surface area (Å²) < 4.78 is 18.4. The van der Waals surface area contributed by atoms with Crippen molar-refractivity contribution in [3.8, 4) is 0 Å². The van der Waals surface area contributed by atoms with Crippen molar-refractivity contribution in [2.45, 2.75) is 75.0 Å². The van der Waals surface area contributed by atoms with Crippen molar-refractivity contribution in [3.63, 3.8) is 0 Å². The van der Waals surface area contributed by atoms with Crippen LogP contribution in [-0.2, 0) is 33.4 Å². The van der Waals surface area contributed by atoms with Crippen molar-refractivity contribution in [1.82, 2.24) is 15.1 Å². The molecular formula is C39H47N3O8. The molecule has 2 aromatic carbocycles. The molecule has 8 atom stereocenters. The lowest BCUT2D eigenvalue weighted by atomic mass is 9.74. The lowest BCUT2D eigenvalue weighted by Gasteiger charge is -2.39. The number of aliphatic hydroxyl groups is 1. The maximum atomic E-state index is 14.9. The van der Waals surface area contributed by atoms with Crippen LogP contribution in [0.1, 0.15) is 62.3 Å². The second kappa shape index (κ2) is 15.7. The molecule has 4 aliphatic heterocycles. The predicted molar refractivity (Wildman–Crippen MR) is 184 cm³/mol. The zero-order chi connectivity index (χ0) is 35.3. The van der Waals surface area contributed by atoms with Crippen molar-refractivity contribution in [2.24, 2.45) is 11.8 Å². The van der Waals surface area contributed by atoms with E-state index in [2.05, 4.69) is 12.2 Å². The van der Waals surface area contributed by atoms with E-state index in [-0.39, 0.29) is 31.4 Å². The molecule has 3 amide bonds. The summed E-state index contributed by atoms with van der Waals surface area (Å²) in [7, 11) is 1.51. The van der Waals surface area contributed by atoms with E-state index in [0.717, 1.165) is 19.3 Å². The molecule has 11 nitrogen and oxygen atoms in total. The fraction of sp³-hybridized carbons (Fsp3) is 0.487. The molecule has 0 saturated carbocycles. The Morgan fingerprint density at radius 2 is 1.74 bits per heavy atom. The Kier molecular flexibility index (Phi) is 11.2. The van der Waals surface area contributed by atoms with Crippen LogP contribution in [0.25, 0.3) is 0 Å². The van der Waals surface area contributed by atoms with Crippen LogP contribution in [0.15, 0.2) is 85.0 Å². The van der Waals surface area contributed by atoms with Crippen molar-refractivity contribution >= 4 is 23.7 Å². The Bertz CT molecular complexity index is 1580. The third kappa shape index (κ3) is 6.74. The minimum absolute atomic E-state index is 0.0670. The predicted octanol–water partition coefficient (Wildman–Crippen LogP) is 3.66. The van der Waals surface area contributed by atoms with Crippen LogP contribution in [0.3, 0.4) is 0 Å². The molecule has 0 unspecified atom stereocenters. The van der Waals surface area contributed by atoms with Gasteiger partial charge in [0.25, 0.3) is 0 Å². The summed E-state index contributed by atoms with van der Waals surface area (Å²) in [5, 5.41) is 13.8. The number of cyclic esters (lactones) is 1. The molecule has 0 radical (unpaired) electrons. The number of aliphatic hydroxyl groups excluding tert-OH is 1. The van der Waals surface area contributed by atoms with Gasteiger partial charge in [-0.25, -0.2) is 0 Å². The maximum absolute atomic E-state index is 14.9. The molecule has 1 spiro atoms. The number of carbonyl (C=O) groups is 4. The first-order valence-corrected chi connectivity index (χ1v) is 17.7. The summed E-state index contributed by atoms with van der Waals surface area (Å²) in [4.78, 5) is 60.6. The number of esters is 1. The van der Waals surface area contributed by atoms with Gasteiger partial charge in [-0.15, -0.1) is 0 Å². The highest BCUT2D eigenvalue weighted by Crippen LogP contribution is 2.57. The van der Waals surface area contributed by atoms with E-state index < -0.39 is 66.3 Å². The third-order valence-electron chi connectivity index (χ3n) is 10.3. The first kappa shape index (κ1) is 35.5. The van der Waals surface area contributed by atoms with Crippen LogP contribution in [0.5, 0.6) is 0 Å². The van der Waals surface area contributed by atoms with Crippen molar-refractivity contribution in [1.29, 1.82) is 0 Å². The van der Waals surface area contributed by atoms with Gasteiger partial charge in [-0.2, -0.15) is 0 Å². The molecule has 5 bridgehead atoms. The number of methoxy groups -OCH3 is 1. The topological polar surface area (TPSA) is 135 Å². The molecule has 2 aromatic rings. The Labute approximate surface area is 293 Å². The van der Waals surface area contributed by atoms with Gasteiger partial charge >= 0.3 is 5.97 Å². The molecule has 2 fully saturated rings. The highest BCUT2D eigenvalue weighted by molar-refractivity contribution is 5.99. The zero-order valence-corrected chi connectivity index (χ0v) is 28.7. The molecule has 266 valence electrons. The quantitative estimate of drug-likeness (QED) is 0.220. The highest BCUT2D eigenvalue weighted by Gasteiger charge is 2.74. The average Bonchev–Trinajstić information content (AvgIpc) is 3.77. The molecule has 0 aliphatic carbocycles. The number of carbonyl (C=O) groups excluding carboxylic acids is 4. The Morgan fingerprint density at radius 3 is 2.44 bits per heavy atom. The average molecular weight is 686 g/mol. The number of fused-ring (bicyclic) bond motifs is 2. The molecule has 0 aromatic heterocycles. The SMILES string of the molecule is CCCCCN1C/C=C\CCC(=O)N[C@H](COC)[C@@H](c2ccccc2)OC(=O)[C@@H]2[C@@H]3C=C[C@]4(O3)[C@H](C1=O)N([C@H](CO)c1ccccc1)C(=O)[C@@H]24. The van der Waals surface area contributed by atoms with Crippen molar-refractivity contribution in [2.75, 3.05) is 33.4 Å². The monoisotopic (exact) mass is 685 g/mol. The first-order valence-electron chi connectivity index (χ1n) is 17.7. The van der Waals surface area contributed by atoms with Gasteiger partial charge in [-0.05, 0) is 24.0 Å². The van der Waals surface area contributed by atoms with Crippen LogP contribution >= 0.6 is 0 Å². The van der Waals surface area contributed by atoms with Gasteiger partial charge < -0.3 is 34.4 Å². The molecule has 6 rings (SSSR count). The van der Waals surface area contributed by atoms with Crippen molar-refractivity contribution in [3.05, 3.63) is 96.1 Å². The number of rotatable bonds is 10. The summed E-state index contributed by atoms with van der Waals surface area (Å²) in [6, 6.07) is 15.5. The van der Waals surface area contributed by atoms with Gasteiger partial charge in [0.15, 0.2) is 0 Å². The summed E-state index contributed by atoms with van der Waals surface area (Å²) >= 11 is 0. The molecule has 2 saturated heterocycles. The van der Waals surface area contributed by atoms with Gasteiger partial charge in [0.1, 0.15) is 23.7 Å². The van der Waals surface area contributed by atoms with Crippen LogP contribution in [-0.4, -0.2) is 95.8 Å². The maximum Gasteiger partial charge on any atom is 0.313 e. The smallest absolute Gasteiger partial charge is 0.313 e. The van der Waals surface area contributed by atoms with Crippen LogP contribution in [0.4, 0.5) is 0 Å². The number of hydrogen-bond donors (Lipinski definition) is 2. The summed E-state index contributed by atoms with van der Waals surface area (Å²) in [5.74, 6) is -3.84. The fourth-order valence-corrected chi connectivity index (χ4v) is 7.97. The number of likely N-dealkylation sites (tertiary alicyclic amines) is 1. The number of benzene rings is 2. The number of hydrogen-bond acceptors (Lipinski definition) is 8. The summed E-state index contributed by atoms with van der Waals surface area (Å²) in [5.41, 5.74) is -0.139. The molecule has 11 heteroatoms. The molecule has 2 N–H and O–H groups in total. The summed E-state index contributed by atoms with van der Waals surface area (Å²) in [6.07, 6.45) is 8.76. The van der Waals surface area contributed by atoms with Gasteiger partial charge in [0, 0.05) is 26.6 Å². The Morgan fingerprint density at radius 1 is 1.00 bits per heavy atom. The highest BCUT2D eigenvalue weighted by atomic mass is 16.6. The Hall–Kier alpha value is -4.32. The van der Waals surface area contributed by atoms with E-state index in [9.17, 15) is 24.3 Å². The van der Waals surface area contributed by atoms with Crippen LogP contribution in [0, 0.1) is 11.8 Å². The van der Waals surface area contributed by atoms with E-state index in [1.54, 1.807) is 17.1 Å².